The van der Waals surface area contributed by atoms with Crippen LogP contribution in [0.25, 0.3) is 22.9 Å². The summed E-state index contributed by atoms with van der Waals surface area (Å²) in [6, 6.07) is 15.1. The molecule has 0 saturated carbocycles. The Hall–Kier alpha value is -4.56. The maximum atomic E-state index is 8.93. The predicted octanol–water partition coefficient (Wildman–Crippen LogP) is 3.98. The first-order chi connectivity index (χ1) is 14.6. The van der Waals surface area contributed by atoms with E-state index in [1.807, 2.05) is 32.0 Å². The lowest BCUT2D eigenvalue weighted by Crippen LogP contribution is -2.05. The van der Waals surface area contributed by atoms with Crippen LogP contribution in [-0.4, -0.2) is 25.0 Å². The van der Waals surface area contributed by atoms with Crippen LogP contribution in [0.15, 0.2) is 48.7 Å². The van der Waals surface area contributed by atoms with Gasteiger partial charge in [0.05, 0.1) is 29.6 Å². The molecule has 0 bridgehead atoms. The van der Waals surface area contributed by atoms with Gasteiger partial charge in [-0.25, -0.2) is 4.98 Å². The van der Waals surface area contributed by atoms with E-state index in [1.54, 1.807) is 41.2 Å². The van der Waals surface area contributed by atoms with Gasteiger partial charge in [0.25, 0.3) is 0 Å². The molecule has 30 heavy (non-hydrogen) atoms. The van der Waals surface area contributed by atoms with Gasteiger partial charge in [-0.2, -0.15) is 20.2 Å². The van der Waals surface area contributed by atoms with Gasteiger partial charge in [-0.05, 0) is 73.0 Å². The minimum absolute atomic E-state index is 0.402. The fraction of sp³-hybridized carbons (Fsp3) is 0.0909. The van der Waals surface area contributed by atoms with Gasteiger partial charge in [-0.3, -0.25) is 0 Å². The van der Waals surface area contributed by atoms with Crippen LogP contribution >= 0.6 is 0 Å². The van der Waals surface area contributed by atoms with Crippen molar-refractivity contribution in [3.05, 3.63) is 70.9 Å². The van der Waals surface area contributed by atoms with Crippen LogP contribution in [0.4, 0.5) is 11.6 Å². The molecule has 8 nitrogen and oxygen atoms in total. The van der Waals surface area contributed by atoms with Crippen LogP contribution in [0.3, 0.4) is 0 Å². The van der Waals surface area contributed by atoms with Crippen LogP contribution in [-0.2, 0) is 0 Å². The predicted molar refractivity (Wildman–Crippen MR) is 113 cm³/mol. The molecule has 4 aromatic rings. The monoisotopic (exact) mass is 392 g/mol. The molecule has 2 aromatic carbocycles. The van der Waals surface area contributed by atoms with Gasteiger partial charge in [0, 0.05) is 11.8 Å². The highest BCUT2D eigenvalue weighted by Crippen LogP contribution is 2.24. The summed E-state index contributed by atoms with van der Waals surface area (Å²) in [6.07, 6.45) is 4.84. The van der Waals surface area contributed by atoms with E-state index in [2.05, 4.69) is 31.7 Å². The Labute approximate surface area is 172 Å². The number of nitrogens with one attached hydrogen (secondary N) is 1. The van der Waals surface area contributed by atoms with E-state index >= 15 is 0 Å². The summed E-state index contributed by atoms with van der Waals surface area (Å²) in [7, 11) is 0. The number of aryl methyl sites for hydroxylation is 2. The molecule has 8 heteroatoms. The number of rotatable bonds is 4. The molecule has 0 radical (unpaired) electrons. The number of fused-ring (bicyclic) bond motifs is 1. The molecule has 0 aliphatic carbocycles. The average Bonchev–Trinajstić information content (AvgIpc) is 3.15. The molecule has 0 unspecified atom stereocenters. The third-order valence-corrected chi connectivity index (χ3v) is 4.54. The lowest BCUT2D eigenvalue weighted by Gasteiger charge is -2.11. The third-order valence-electron chi connectivity index (χ3n) is 4.54. The van der Waals surface area contributed by atoms with E-state index in [1.165, 1.54) is 6.08 Å². The van der Waals surface area contributed by atoms with E-state index in [0.717, 1.165) is 28.1 Å². The smallest absolute Gasteiger partial charge is 0.229 e. The molecule has 0 atom stereocenters. The molecule has 0 aliphatic rings. The Bertz CT molecular complexity index is 1330. The average molecular weight is 392 g/mol. The largest absolute Gasteiger partial charge is 0.324 e. The Morgan fingerprint density at radius 2 is 1.80 bits per heavy atom. The topological polar surface area (TPSA) is 116 Å². The van der Waals surface area contributed by atoms with E-state index in [0.29, 0.717) is 22.7 Å². The Balaban J connectivity index is 1.74. The van der Waals surface area contributed by atoms with Crippen molar-refractivity contribution in [2.24, 2.45) is 0 Å². The molecule has 0 saturated heterocycles. The Kier molecular flexibility index (Phi) is 4.90. The highest BCUT2D eigenvalue weighted by atomic mass is 15.4. The molecular formula is C22H16N8. The first-order valence-corrected chi connectivity index (χ1v) is 9.12. The minimum Gasteiger partial charge on any atom is -0.324 e. The van der Waals surface area contributed by atoms with Gasteiger partial charge in [-0.1, -0.05) is 5.21 Å². The highest BCUT2D eigenvalue weighted by Gasteiger charge is 2.14. The zero-order valence-electron chi connectivity index (χ0n) is 16.3. The highest BCUT2D eigenvalue weighted by molar-refractivity contribution is 5.74. The molecule has 2 aromatic heterocycles. The van der Waals surface area contributed by atoms with Crippen LogP contribution in [0.1, 0.15) is 22.3 Å². The quantitative estimate of drug-likeness (QED) is 0.522. The van der Waals surface area contributed by atoms with Gasteiger partial charge in [0.15, 0.2) is 11.2 Å². The normalized spacial score (nSPS) is 10.8. The molecule has 0 fully saturated rings. The van der Waals surface area contributed by atoms with Crippen LogP contribution in [0.2, 0.25) is 0 Å². The summed E-state index contributed by atoms with van der Waals surface area (Å²) >= 11 is 0. The third kappa shape index (κ3) is 3.58. The maximum absolute atomic E-state index is 8.93. The van der Waals surface area contributed by atoms with Crippen molar-refractivity contribution in [3.8, 4) is 17.8 Å². The SMILES string of the molecule is Cc1cc(/C=C/C#N)cc(C)c1-n1nnc2cnc(Nc3ccc(C#N)cc3)nc21. The number of anilines is 2. The van der Waals surface area contributed by atoms with Gasteiger partial charge < -0.3 is 5.32 Å². The lowest BCUT2D eigenvalue weighted by atomic mass is 10.0. The molecule has 4 rings (SSSR count). The Morgan fingerprint density at radius 3 is 2.47 bits per heavy atom. The van der Waals surface area contributed by atoms with Crippen molar-refractivity contribution in [1.82, 2.24) is 25.0 Å². The van der Waals surface area contributed by atoms with E-state index in [4.69, 9.17) is 10.5 Å². The summed E-state index contributed by atoms with van der Waals surface area (Å²) in [5.41, 5.74) is 6.30. The van der Waals surface area contributed by atoms with Crippen molar-refractivity contribution in [3.63, 3.8) is 0 Å². The lowest BCUT2D eigenvalue weighted by molar-refractivity contribution is 0.807. The second-order valence-electron chi connectivity index (χ2n) is 6.68. The molecule has 2 heterocycles. The fourth-order valence-corrected chi connectivity index (χ4v) is 3.25. The number of nitriles is 2. The van der Waals surface area contributed by atoms with Crippen LogP contribution in [0.5, 0.6) is 0 Å². The molecule has 1 N–H and O–H groups in total. The molecule has 0 amide bonds. The Morgan fingerprint density at radius 1 is 1.07 bits per heavy atom. The van der Waals surface area contributed by atoms with Gasteiger partial charge in [-0.15, -0.1) is 5.10 Å². The van der Waals surface area contributed by atoms with Crippen LogP contribution < -0.4 is 5.32 Å². The second-order valence-corrected chi connectivity index (χ2v) is 6.68. The summed E-state index contributed by atoms with van der Waals surface area (Å²) in [5, 5.41) is 29.3. The summed E-state index contributed by atoms with van der Waals surface area (Å²) < 4.78 is 1.70. The molecule has 0 spiro atoms. The van der Waals surface area contributed by atoms with Crippen molar-refractivity contribution in [2.75, 3.05) is 5.32 Å². The van der Waals surface area contributed by atoms with E-state index in [9.17, 15) is 0 Å². The molecule has 144 valence electrons. The number of benzene rings is 2. The van der Waals surface area contributed by atoms with Crippen molar-refractivity contribution >= 4 is 28.9 Å². The number of hydrogen-bond donors (Lipinski definition) is 1. The first-order valence-electron chi connectivity index (χ1n) is 9.12. The fourth-order valence-electron chi connectivity index (χ4n) is 3.25. The summed E-state index contributed by atoms with van der Waals surface area (Å²) in [6.45, 7) is 3.97. The second kappa shape index (κ2) is 7.82. The number of nitrogens with zero attached hydrogens (tertiary/aromatic N) is 7. The van der Waals surface area contributed by atoms with Crippen LogP contribution in [0, 0.1) is 36.5 Å². The molecular weight excluding hydrogens is 376 g/mol. The molecule has 0 aliphatic heterocycles. The zero-order valence-corrected chi connectivity index (χ0v) is 16.3. The van der Waals surface area contributed by atoms with Crippen molar-refractivity contribution in [2.45, 2.75) is 13.8 Å². The summed E-state index contributed by atoms with van der Waals surface area (Å²) in [5.74, 6) is 0.402. The summed E-state index contributed by atoms with van der Waals surface area (Å²) in [4.78, 5) is 8.90. The standard InChI is InChI=1S/C22H16N8/c1-14-10-17(4-3-9-23)11-15(2)20(14)30-21-19(28-29-30)13-25-22(27-21)26-18-7-5-16(12-24)6-8-18/h3-8,10-11,13H,1-2H3,(H,25,26,27)/b4-3+. The van der Waals surface area contributed by atoms with E-state index in [-0.39, 0.29) is 0 Å². The van der Waals surface area contributed by atoms with Gasteiger partial charge >= 0.3 is 0 Å². The zero-order chi connectivity index (χ0) is 21.1. The number of allylic oxidation sites excluding steroid dienone is 1. The number of hydrogen-bond acceptors (Lipinski definition) is 7. The van der Waals surface area contributed by atoms with Gasteiger partial charge in [0.2, 0.25) is 5.95 Å². The van der Waals surface area contributed by atoms with E-state index < -0.39 is 0 Å². The minimum atomic E-state index is 0.402. The first kappa shape index (κ1) is 18.8. The van der Waals surface area contributed by atoms with Crippen molar-refractivity contribution < 1.29 is 0 Å². The maximum Gasteiger partial charge on any atom is 0.229 e. The number of aromatic nitrogens is 5. The van der Waals surface area contributed by atoms with Gasteiger partial charge in [0.1, 0.15) is 0 Å². The van der Waals surface area contributed by atoms with Crippen molar-refractivity contribution in [1.29, 1.82) is 10.5 Å².